The summed E-state index contributed by atoms with van der Waals surface area (Å²) in [6, 6.07) is -20.1. The van der Waals surface area contributed by atoms with E-state index in [-0.39, 0.29) is 21.5 Å². The second kappa shape index (κ2) is 8.82. The van der Waals surface area contributed by atoms with Crippen LogP contribution in [0, 0.1) is 0 Å². The largest absolute Gasteiger partial charge is 0.456 e. The fourth-order valence-corrected chi connectivity index (χ4v) is 5.75. The lowest BCUT2D eigenvalue weighted by Crippen LogP contribution is -1.91. The first-order chi connectivity index (χ1) is 31.8. The molecule has 10 aromatic rings. The van der Waals surface area contributed by atoms with Crippen LogP contribution in [-0.4, -0.2) is 0 Å². The fourth-order valence-electron chi connectivity index (χ4n) is 5.75. The molecule has 0 saturated carbocycles. The third kappa shape index (κ3) is 3.20. The normalized spacial score (nSPS) is 19.7. The molecule has 0 aliphatic rings. The van der Waals surface area contributed by atoms with Gasteiger partial charge in [0.25, 0.3) is 0 Å². The lowest BCUT2D eigenvalue weighted by molar-refractivity contribution is 0.663. The molecule has 2 heteroatoms. The predicted molar refractivity (Wildman–Crippen MR) is 184 cm³/mol. The minimum Gasteiger partial charge on any atom is -0.456 e. The second-order valence-corrected chi connectivity index (χ2v) is 9.77. The average Bonchev–Trinajstić information content (AvgIpc) is 3.92. The van der Waals surface area contributed by atoms with E-state index >= 15 is 0 Å². The first kappa shape index (κ1) is 10.4. The molecule has 10 rings (SSSR count). The van der Waals surface area contributed by atoms with Gasteiger partial charge in [0.1, 0.15) is 22.3 Å². The summed E-state index contributed by atoms with van der Waals surface area (Å²) in [5, 5.41) is -4.96. The van der Waals surface area contributed by atoms with Gasteiger partial charge in [-0.3, -0.25) is 0 Å². The van der Waals surface area contributed by atoms with Crippen molar-refractivity contribution in [1.82, 2.24) is 0 Å². The van der Waals surface area contributed by atoms with Gasteiger partial charge in [-0.1, -0.05) is 115 Å². The van der Waals surface area contributed by atoms with E-state index in [1.165, 1.54) is 0 Å². The van der Waals surface area contributed by atoms with Gasteiger partial charge in [0.05, 0.1) is 32.9 Å². The van der Waals surface area contributed by atoms with Crippen LogP contribution in [-0.2, 0) is 0 Å². The van der Waals surface area contributed by atoms with Crippen LogP contribution in [0.25, 0.3) is 98.4 Å². The van der Waals surface area contributed by atoms with Gasteiger partial charge < -0.3 is 8.83 Å². The van der Waals surface area contributed by atoms with Crippen LogP contribution in [0.3, 0.4) is 0 Å². The lowest BCUT2D eigenvalue weighted by Gasteiger charge is -2.18. The Balaban J connectivity index is 1.52. The van der Waals surface area contributed by atoms with Gasteiger partial charge in [0, 0.05) is 21.5 Å². The molecule has 0 fully saturated rings. The topological polar surface area (TPSA) is 26.3 Å². The summed E-state index contributed by atoms with van der Waals surface area (Å²) in [4.78, 5) is 0. The van der Waals surface area contributed by atoms with Crippen molar-refractivity contribution in [3.05, 3.63) is 145 Å². The number of fused-ring (bicyclic) bond motifs is 10. The average molecular weight is 585 g/mol. The highest BCUT2D eigenvalue weighted by molar-refractivity contribution is 6.27. The van der Waals surface area contributed by atoms with E-state index in [1.54, 1.807) is 0 Å². The number of furan rings is 2. The standard InChI is InChI=1S/C42H24O2/c1-2-12-27-25(10-1)11-9-18-28(27)40-31-15-5-3-13-29(31)39(30-14-4-6-16-32(30)40)26-20-21-34-38(24-26)44-37-23-22-36-41(42(34)37)33-17-7-8-19-35(33)43-36/h1-24H/i1D,2D,3D,4D,5D,6D,7D,8D,9D,10D,11D,12D,13D,14D,15D,16D,17D,18D,19D,20D,21D,22D,23D,24D. The number of hydrogen-bond acceptors (Lipinski definition) is 2. The fraction of sp³-hybridized carbons (Fsp3) is 0. The maximum Gasteiger partial charge on any atom is 0.136 e. The molecule has 0 N–H and O–H groups in total. The highest BCUT2D eigenvalue weighted by Crippen LogP contribution is 2.47. The summed E-state index contributed by atoms with van der Waals surface area (Å²) >= 11 is 0. The van der Waals surface area contributed by atoms with Crippen LogP contribution < -0.4 is 0 Å². The zero-order chi connectivity index (χ0) is 49.7. The Morgan fingerprint density at radius 1 is 0.364 bits per heavy atom. The van der Waals surface area contributed by atoms with Gasteiger partial charge in [-0.15, -0.1) is 0 Å². The Hall–Kier alpha value is -5.86. The molecule has 2 heterocycles. The SMILES string of the molecule is [2H]c1c([2H])c([2H])c2c(oc3c([2H])c([2H])c4oc5c([2H])c(-c6c7c([2H])c([2H])c([2H])c([2H])c7c(-c7c([2H])c([2H])c([2H])c8c([2H])c([2H])c([2H])c([2H])c78)c7c([2H])c([2H])c([2H])c([2H])c67)c([2H])c([2H])c5c4c32)c1[2H]. The number of hydrogen-bond donors (Lipinski definition) is 0. The maximum atomic E-state index is 9.75. The molecular formula is C42H24O2. The van der Waals surface area contributed by atoms with Gasteiger partial charge in [-0.2, -0.15) is 0 Å². The van der Waals surface area contributed by atoms with Gasteiger partial charge >= 0.3 is 0 Å². The molecule has 0 radical (unpaired) electrons. The molecule has 0 amide bonds. The van der Waals surface area contributed by atoms with Crippen molar-refractivity contribution in [3.8, 4) is 22.3 Å². The van der Waals surface area contributed by atoms with E-state index in [2.05, 4.69) is 0 Å². The highest BCUT2D eigenvalue weighted by Gasteiger charge is 2.20. The van der Waals surface area contributed by atoms with Crippen LogP contribution in [0.15, 0.2) is 154 Å². The Morgan fingerprint density at radius 3 is 1.59 bits per heavy atom. The summed E-state index contributed by atoms with van der Waals surface area (Å²) in [5.74, 6) is 0. The zero-order valence-corrected chi connectivity index (χ0v) is 21.8. The molecule has 2 nitrogen and oxygen atoms in total. The molecule has 0 aliphatic carbocycles. The van der Waals surface area contributed by atoms with Gasteiger partial charge in [-0.25, -0.2) is 0 Å². The quantitative estimate of drug-likeness (QED) is 0.189. The molecule has 204 valence electrons. The summed E-state index contributed by atoms with van der Waals surface area (Å²) in [6.45, 7) is 0. The Labute approximate surface area is 286 Å². The Kier molecular flexibility index (Phi) is 2.08. The summed E-state index contributed by atoms with van der Waals surface area (Å²) in [6.07, 6.45) is 0. The molecule has 0 aliphatic heterocycles. The molecule has 0 spiro atoms. The number of benzene rings is 8. The van der Waals surface area contributed by atoms with Crippen molar-refractivity contribution in [2.75, 3.05) is 0 Å². The predicted octanol–water partition coefficient (Wildman–Crippen LogP) is 12.3. The number of para-hydroxylation sites is 1. The summed E-state index contributed by atoms with van der Waals surface area (Å²) in [7, 11) is 0. The van der Waals surface area contributed by atoms with E-state index in [0.29, 0.717) is 0 Å². The Bertz CT molecular complexity index is 4040. The molecule has 2 aromatic heterocycles. The minimum absolute atomic E-state index is 0.214. The monoisotopic (exact) mass is 584 g/mol. The first-order valence-corrected chi connectivity index (χ1v) is 13.1. The third-order valence-corrected chi connectivity index (χ3v) is 7.52. The third-order valence-electron chi connectivity index (χ3n) is 7.52. The van der Waals surface area contributed by atoms with Crippen LogP contribution in [0.4, 0.5) is 0 Å². The van der Waals surface area contributed by atoms with Crippen LogP contribution in [0.5, 0.6) is 0 Å². The molecule has 8 aromatic carbocycles. The van der Waals surface area contributed by atoms with Crippen molar-refractivity contribution in [2.24, 2.45) is 0 Å². The maximum absolute atomic E-state index is 9.75. The second-order valence-electron chi connectivity index (χ2n) is 9.77. The smallest absolute Gasteiger partial charge is 0.136 e. The van der Waals surface area contributed by atoms with Crippen LogP contribution in [0.1, 0.15) is 32.9 Å². The van der Waals surface area contributed by atoms with Crippen molar-refractivity contribution in [2.45, 2.75) is 0 Å². The van der Waals surface area contributed by atoms with E-state index in [9.17, 15) is 11.0 Å². The van der Waals surface area contributed by atoms with Gasteiger partial charge in [0.15, 0.2) is 0 Å². The van der Waals surface area contributed by atoms with Crippen molar-refractivity contribution in [1.29, 1.82) is 0 Å². The highest BCUT2D eigenvalue weighted by atomic mass is 16.3. The molecule has 0 bridgehead atoms. The van der Waals surface area contributed by atoms with E-state index < -0.39 is 222 Å². The van der Waals surface area contributed by atoms with Crippen LogP contribution >= 0.6 is 0 Å². The lowest BCUT2D eigenvalue weighted by atomic mass is 9.84. The van der Waals surface area contributed by atoms with E-state index in [0.717, 1.165) is 0 Å². The van der Waals surface area contributed by atoms with Gasteiger partial charge in [-0.05, 0) is 84.8 Å². The molecule has 0 saturated heterocycles. The molecule has 0 atom stereocenters. The Morgan fingerprint density at radius 2 is 0.886 bits per heavy atom. The minimum atomic E-state index is -0.940. The zero-order valence-electron chi connectivity index (χ0n) is 45.8. The molecule has 44 heavy (non-hydrogen) atoms. The van der Waals surface area contributed by atoms with Gasteiger partial charge in [0.2, 0.25) is 0 Å². The summed E-state index contributed by atoms with van der Waals surface area (Å²) in [5.41, 5.74) is -4.57. The molecular weight excluding hydrogens is 536 g/mol. The van der Waals surface area contributed by atoms with Crippen molar-refractivity contribution >= 4 is 76.2 Å². The molecule has 0 unspecified atom stereocenters. The first-order valence-electron chi connectivity index (χ1n) is 25.1. The van der Waals surface area contributed by atoms with Crippen LogP contribution in [0.2, 0.25) is 0 Å². The van der Waals surface area contributed by atoms with E-state index in [1.807, 2.05) is 0 Å². The van der Waals surface area contributed by atoms with Crippen molar-refractivity contribution < 1.29 is 41.7 Å². The van der Waals surface area contributed by atoms with Crippen molar-refractivity contribution in [3.63, 3.8) is 0 Å². The van der Waals surface area contributed by atoms with E-state index in [4.69, 9.17) is 30.8 Å². The number of rotatable bonds is 2. The summed E-state index contributed by atoms with van der Waals surface area (Å²) < 4.78 is 227.